The zero-order valence-corrected chi connectivity index (χ0v) is 20.1. The van der Waals surface area contributed by atoms with Gasteiger partial charge in [0.1, 0.15) is 5.75 Å². The molecule has 2 aliphatic heterocycles. The third-order valence-electron chi connectivity index (χ3n) is 7.72. The summed E-state index contributed by atoms with van der Waals surface area (Å²) in [6, 6.07) is 16.1. The number of carbonyl (C=O) groups is 4. The van der Waals surface area contributed by atoms with Gasteiger partial charge in [0.2, 0.25) is 17.7 Å². The number of benzene rings is 2. The highest BCUT2D eigenvalue weighted by molar-refractivity contribution is 6.22. The molecule has 182 valence electrons. The predicted molar refractivity (Wildman–Crippen MR) is 129 cm³/mol. The molecule has 0 N–H and O–H groups in total. The second kappa shape index (κ2) is 9.29. The van der Waals surface area contributed by atoms with Crippen LogP contribution in [0.4, 0.5) is 5.69 Å². The maximum atomic E-state index is 13.0. The van der Waals surface area contributed by atoms with E-state index in [4.69, 9.17) is 4.74 Å². The fourth-order valence-corrected chi connectivity index (χ4v) is 5.70. The normalized spacial score (nSPS) is 27.2. The Labute approximate surface area is 205 Å². The minimum absolute atomic E-state index is 0.0813. The van der Waals surface area contributed by atoms with Crippen LogP contribution in [0, 0.1) is 23.7 Å². The molecule has 1 saturated carbocycles. The van der Waals surface area contributed by atoms with Gasteiger partial charge >= 0.3 is 5.97 Å². The van der Waals surface area contributed by atoms with E-state index in [0.717, 1.165) is 24.8 Å². The summed E-state index contributed by atoms with van der Waals surface area (Å²) in [4.78, 5) is 54.6. The SMILES string of the molecule is C[C@@H]1CC[C@@H]2C(=O)N(c3cccc(OC(=O)[C@@H]4CC(=O)N([C@@H](C)c5ccccc5)C4)c3)C(=O)[C@H]2C1. The summed E-state index contributed by atoms with van der Waals surface area (Å²) in [5.41, 5.74) is 1.44. The molecule has 0 radical (unpaired) electrons. The molecule has 35 heavy (non-hydrogen) atoms. The van der Waals surface area contributed by atoms with Crippen molar-refractivity contribution in [2.24, 2.45) is 23.7 Å². The number of hydrogen-bond donors (Lipinski definition) is 0. The molecular weight excluding hydrogens is 444 g/mol. The van der Waals surface area contributed by atoms with Crippen molar-refractivity contribution < 1.29 is 23.9 Å². The Kier molecular flexibility index (Phi) is 6.17. The molecule has 3 amide bonds. The van der Waals surface area contributed by atoms with Crippen molar-refractivity contribution in [2.75, 3.05) is 11.4 Å². The van der Waals surface area contributed by atoms with Gasteiger partial charge in [-0.1, -0.05) is 43.3 Å². The lowest BCUT2D eigenvalue weighted by Crippen LogP contribution is -2.31. The molecule has 7 heteroatoms. The third kappa shape index (κ3) is 4.35. The molecule has 1 aliphatic carbocycles. The first-order chi connectivity index (χ1) is 16.8. The van der Waals surface area contributed by atoms with E-state index >= 15 is 0 Å². The highest BCUT2D eigenvalue weighted by Gasteiger charge is 2.50. The van der Waals surface area contributed by atoms with Crippen molar-refractivity contribution in [2.45, 2.75) is 45.6 Å². The third-order valence-corrected chi connectivity index (χ3v) is 7.72. The zero-order chi connectivity index (χ0) is 24.7. The van der Waals surface area contributed by atoms with Gasteiger partial charge in [-0.3, -0.25) is 19.2 Å². The molecule has 0 bridgehead atoms. The van der Waals surface area contributed by atoms with Crippen molar-refractivity contribution in [3.63, 3.8) is 0 Å². The smallest absolute Gasteiger partial charge is 0.316 e. The summed E-state index contributed by atoms with van der Waals surface area (Å²) in [5, 5.41) is 0. The van der Waals surface area contributed by atoms with E-state index in [1.807, 2.05) is 37.3 Å². The van der Waals surface area contributed by atoms with Crippen LogP contribution < -0.4 is 9.64 Å². The van der Waals surface area contributed by atoms with E-state index < -0.39 is 11.9 Å². The average molecular weight is 475 g/mol. The van der Waals surface area contributed by atoms with Crippen LogP contribution >= 0.6 is 0 Å². The molecule has 0 unspecified atom stereocenters. The number of amides is 3. The van der Waals surface area contributed by atoms with Crippen LogP contribution in [-0.4, -0.2) is 35.1 Å². The van der Waals surface area contributed by atoms with Crippen LogP contribution in [0.25, 0.3) is 0 Å². The Morgan fingerprint density at radius 2 is 1.71 bits per heavy atom. The first-order valence-corrected chi connectivity index (χ1v) is 12.4. The number of anilines is 1. The number of carbonyl (C=O) groups excluding carboxylic acids is 4. The van der Waals surface area contributed by atoms with Gasteiger partial charge in [0.05, 0.1) is 29.5 Å². The molecule has 0 spiro atoms. The second-order valence-electron chi connectivity index (χ2n) is 10.1. The first kappa shape index (κ1) is 23.3. The minimum Gasteiger partial charge on any atom is -0.426 e. The fourth-order valence-electron chi connectivity index (χ4n) is 5.70. The van der Waals surface area contributed by atoms with Gasteiger partial charge in [-0.2, -0.15) is 0 Å². The van der Waals surface area contributed by atoms with Gasteiger partial charge in [-0.15, -0.1) is 0 Å². The first-order valence-electron chi connectivity index (χ1n) is 12.4. The lowest BCUT2D eigenvalue weighted by atomic mass is 9.76. The summed E-state index contributed by atoms with van der Waals surface area (Å²) in [5.74, 6) is -1.30. The Morgan fingerprint density at radius 1 is 0.971 bits per heavy atom. The fraction of sp³-hybridized carbons (Fsp3) is 0.429. The van der Waals surface area contributed by atoms with Crippen molar-refractivity contribution in [3.05, 3.63) is 60.2 Å². The number of hydrogen-bond acceptors (Lipinski definition) is 5. The predicted octanol–water partition coefficient (Wildman–Crippen LogP) is 4.13. The summed E-state index contributed by atoms with van der Waals surface area (Å²) in [6.07, 6.45) is 2.51. The van der Waals surface area contributed by atoms with E-state index in [-0.39, 0.29) is 54.3 Å². The van der Waals surface area contributed by atoms with Gasteiger partial charge in [0.25, 0.3) is 0 Å². The molecule has 5 rings (SSSR count). The monoisotopic (exact) mass is 474 g/mol. The van der Waals surface area contributed by atoms with Gasteiger partial charge < -0.3 is 9.64 Å². The van der Waals surface area contributed by atoms with E-state index in [2.05, 4.69) is 6.92 Å². The van der Waals surface area contributed by atoms with Crippen molar-refractivity contribution in [3.8, 4) is 5.75 Å². The maximum absolute atomic E-state index is 13.0. The summed E-state index contributed by atoms with van der Waals surface area (Å²) in [6.45, 7) is 4.36. The lowest BCUT2D eigenvalue weighted by molar-refractivity contribution is -0.139. The standard InChI is InChI=1S/C28H30N2O5/c1-17-11-12-23-24(13-17)27(33)30(26(23)32)21-9-6-10-22(15-21)35-28(34)20-14-25(31)29(16-20)18(2)19-7-4-3-5-8-19/h3-10,15,17-18,20,23-24H,11-14,16H2,1-2H3/t17-,18+,20-,23+,24+/m1/s1. The van der Waals surface area contributed by atoms with Gasteiger partial charge in [0.15, 0.2) is 0 Å². The molecule has 0 aromatic heterocycles. The summed E-state index contributed by atoms with van der Waals surface area (Å²) < 4.78 is 5.62. The number of fused-ring (bicyclic) bond motifs is 1. The van der Waals surface area contributed by atoms with Crippen LogP contribution in [0.1, 0.15) is 51.1 Å². The number of esters is 1. The summed E-state index contributed by atoms with van der Waals surface area (Å²) >= 11 is 0. The van der Waals surface area contributed by atoms with E-state index in [1.165, 1.54) is 4.90 Å². The van der Waals surface area contributed by atoms with Crippen LogP contribution in [0.2, 0.25) is 0 Å². The highest BCUT2D eigenvalue weighted by Crippen LogP contribution is 2.42. The Balaban J connectivity index is 1.27. The van der Waals surface area contributed by atoms with Crippen LogP contribution in [0.15, 0.2) is 54.6 Å². The lowest BCUT2D eigenvalue weighted by Gasteiger charge is -2.25. The quantitative estimate of drug-likeness (QED) is 0.370. The van der Waals surface area contributed by atoms with E-state index in [1.54, 1.807) is 29.2 Å². The van der Waals surface area contributed by atoms with E-state index in [9.17, 15) is 19.2 Å². The largest absolute Gasteiger partial charge is 0.426 e. The summed E-state index contributed by atoms with van der Waals surface area (Å²) in [7, 11) is 0. The highest BCUT2D eigenvalue weighted by atomic mass is 16.5. The maximum Gasteiger partial charge on any atom is 0.316 e. The minimum atomic E-state index is -0.572. The van der Waals surface area contributed by atoms with Gasteiger partial charge in [-0.05, 0) is 49.8 Å². The Bertz CT molecular complexity index is 1160. The number of imide groups is 1. The average Bonchev–Trinajstić information content (AvgIpc) is 3.36. The van der Waals surface area contributed by atoms with Crippen LogP contribution in [0.5, 0.6) is 5.75 Å². The molecule has 2 saturated heterocycles. The molecule has 2 aromatic carbocycles. The van der Waals surface area contributed by atoms with Gasteiger partial charge in [-0.25, -0.2) is 4.90 Å². The zero-order valence-electron chi connectivity index (χ0n) is 20.1. The topological polar surface area (TPSA) is 84.0 Å². The number of rotatable bonds is 5. The number of ether oxygens (including phenoxy) is 1. The molecule has 3 fully saturated rings. The van der Waals surface area contributed by atoms with Gasteiger partial charge in [0, 0.05) is 19.0 Å². The van der Waals surface area contributed by atoms with Crippen molar-refractivity contribution in [1.82, 2.24) is 4.90 Å². The Morgan fingerprint density at radius 3 is 2.49 bits per heavy atom. The van der Waals surface area contributed by atoms with Crippen molar-refractivity contribution >= 4 is 29.4 Å². The number of likely N-dealkylation sites (tertiary alicyclic amines) is 1. The molecular formula is C28H30N2O5. The second-order valence-corrected chi connectivity index (χ2v) is 10.1. The number of nitrogens with zero attached hydrogens (tertiary/aromatic N) is 2. The molecule has 7 nitrogen and oxygen atoms in total. The van der Waals surface area contributed by atoms with Crippen LogP contribution in [-0.2, 0) is 19.2 Å². The Hall–Kier alpha value is -3.48. The molecule has 5 atom stereocenters. The molecule has 2 aromatic rings. The molecule has 3 aliphatic rings. The molecule has 2 heterocycles. The van der Waals surface area contributed by atoms with E-state index in [0.29, 0.717) is 11.6 Å². The van der Waals surface area contributed by atoms with Crippen LogP contribution in [0.3, 0.4) is 0 Å². The van der Waals surface area contributed by atoms with Crippen molar-refractivity contribution in [1.29, 1.82) is 0 Å².